The van der Waals surface area contributed by atoms with Gasteiger partial charge in [-0.05, 0) is 63.9 Å². The Labute approximate surface area is 223 Å². The predicted octanol–water partition coefficient (Wildman–Crippen LogP) is 7.32. The maximum atomic E-state index is 13.4. The molecule has 0 spiro atoms. The average Bonchev–Trinajstić information content (AvgIpc) is 3.53. The van der Waals surface area contributed by atoms with Gasteiger partial charge in [-0.25, -0.2) is 0 Å². The van der Waals surface area contributed by atoms with Crippen molar-refractivity contribution in [2.24, 2.45) is 10.2 Å². The van der Waals surface area contributed by atoms with Crippen LogP contribution in [0.25, 0.3) is 21.5 Å². The predicted molar refractivity (Wildman–Crippen MR) is 152 cm³/mol. The lowest BCUT2D eigenvalue weighted by molar-refractivity contribution is -0.126. The number of hydrogen-bond donors (Lipinski definition) is 0. The van der Waals surface area contributed by atoms with E-state index < -0.39 is 0 Å². The number of benzene rings is 4. The van der Waals surface area contributed by atoms with E-state index in [4.69, 9.17) is 16.0 Å². The number of amidine groups is 1. The zero-order chi connectivity index (χ0) is 25.2. The molecule has 1 amide bonds. The third-order valence-electron chi connectivity index (χ3n) is 6.37. The fourth-order valence-electron chi connectivity index (χ4n) is 4.62. The molecular formula is C30H22ClN3O2S. The van der Waals surface area contributed by atoms with Crippen LogP contribution in [0.2, 0.25) is 5.02 Å². The zero-order valence-electron chi connectivity index (χ0n) is 19.8. The normalized spacial score (nSPS) is 17.1. The van der Waals surface area contributed by atoms with Crippen LogP contribution >= 0.6 is 23.4 Å². The molecule has 1 saturated heterocycles. The zero-order valence-corrected chi connectivity index (χ0v) is 21.3. The second-order valence-corrected chi connectivity index (χ2v) is 10.4. The first-order chi connectivity index (χ1) is 18.2. The van der Waals surface area contributed by atoms with Crippen molar-refractivity contribution < 1.29 is 9.21 Å². The van der Waals surface area contributed by atoms with Crippen LogP contribution in [-0.2, 0) is 17.8 Å². The van der Waals surface area contributed by atoms with Gasteiger partial charge in [-0.2, -0.15) is 5.10 Å². The maximum absolute atomic E-state index is 13.4. The Morgan fingerprint density at radius 2 is 1.68 bits per heavy atom. The Kier molecular flexibility index (Phi) is 6.51. The Morgan fingerprint density at radius 3 is 2.38 bits per heavy atom. The van der Waals surface area contributed by atoms with Crippen molar-refractivity contribution in [1.82, 2.24) is 4.90 Å². The van der Waals surface area contributed by atoms with Gasteiger partial charge in [-0.1, -0.05) is 84.0 Å². The number of carbonyl (C=O) groups excluding carboxylic acids is 1. The Hall–Kier alpha value is -3.87. The van der Waals surface area contributed by atoms with E-state index in [1.165, 1.54) is 11.8 Å². The number of carbonyl (C=O) groups is 1. The monoisotopic (exact) mass is 523 g/mol. The molecule has 0 saturated carbocycles. The summed E-state index contributed by atoms with van der Waals surface area (Å²) in [6.07, 6.45) is 3.94. The molecule has 0 bridgehead atoms. The molecule has 2 heterocycles. The number of fused-ring (bicyclic) bond motifs is 2. The molecule has 1 fully saturated rings. The van der Waals surface area contributed by atoms with Crippen molar-refractivity contribution in [3.63, 3.8) is 0 Å². The van der Waals surface area contributed by atoms with E-state index in [9.17, 15) is 4.79 Å². The minimum atomic E-state index is -0.319. The number of nitrogens with zero attached hydrogens (tertiary/aromatic N) is 3. The van der Waals surface area contributed by atoms with Gasteiger partial charge in [-0.3, -0.25) is 9.69 Å². The molecule has 0 N–H and O–H groups in total. The van der Waals surface area contributed by atoms with Crippen molar-refractivity contribution in [3.8, 4) is 0 Å². The topological polar surface area (TPSA) is 58.2 Å². The summed E-state index contributed by atoms with van der Waals surface area (Å²) in [7, 11) is 0. The SMILES string of the molecule is O=C1C(Cc2cccc(Cl)c2)SC(=NN=Cc2c3ccccc3cc3ccccc23)N1Cc1ccco1. The number of thioether (sulfide) groups is 1. The molecule has 1 aromatic heterocycles. The third kappa shape index (κ3) is 4.90. The average molecular weight is 524 g/mol. The van der Waals surface area contributed by atoms with E-state index in [2.05, 4.69) is 40.5 Å². The highest BCUT2D eigenvalue weighted by Crippen LogP contribution is 2.32. The summed E-state index contributed by atoms with van der Waals surface area (Å²) in [5, 5.41) is 14.4. The molecule has 1 aliphatic rings. The van der Waals surface area contributed by atoms with Crippen LogP contribution < -0.4 is 0 Å². The number of rotatable bonds is 6. The molecule has 5 aromatic rings. The quantitative estimate of drug-likeness (QED) is 0.133. The third-order valence-corrected chi connectivity index (χ3v) is 7.77. The Morgan fingerprint density at radius 1 is 0.919 bits per heavy atom. The first-order valence-electron chi connectivity index (χ1n) is 11.9. The van der Waals surface area contributed by atoms with Crippen molar-refractivity contribution in [3.05, 3.63) is 119 Å². The second-order valence-electron chi connectivity index (χ2n) is 8.80. The molecule has 182 valence electrons. The molecule has 1 atom stereocenters. The van der Waals surface area contributed by atoms with Gasteiger partial charge in [0, 0.05) is 10.6 Å². The Balaban J connectivity index is 1.35. The largest absolute Gasteiger partial charge is 0.467 e. The fourth-order valence-corrected chi connectivity index (χ4v) is 5.97. The van der Waals surface area contributed by atoms with Gasteiger partial charge < -0.3 is 4.42 Å². The molecule has 0 radical (unpaired) electrons. The number of amides is 1. The van der Waals surface area contributed by atoms with Crippen molar-refractivity contribution in [1.29, 1.82) is 0 Å². The lowest BCUT2D eigenvalue weighted by Crippen LogP contribution is -2.32. The van der Waals surface area contributed by atoms with Crippen LogP contribution in [-0.4, -0.2) is 27.4 Å². The second kappa shape index (κ2) is 10.2. The van der Waals surface area contributed by atoms with Gasteiger partial charge in [0.2, 0.25) is 5.91 Å². The first-order valence-corrected chi connectivity index (χ1v) is 13.2. The van der Waals surface area contributed by atoms with Crippen LogP contribution in [0.3, 0.4) is 0 Å². The Bertz CT molecular complexity index is 1610. The van der Waals surface area contributed by atoms with Gasteiger partial charge in [0.25, 0.3) is 0 Å². The molecule has 6 rings (SSSR count). The maximum Gasteiger partial charge on any atom is 0.242 e. The van der Waals surface area contributed by atoms with Crippen LogP contribution in [0.5, 0.6) is 0 Å². The number of hydrogen-bond acceptors (Lipinski definition) is 5. The summed E-state index contributed by atoms with van der Waals surface area (Å²) < 4.78 is 5.52. The highest BCUT2D eigenvalue weighted by Gasteiger charge is 2.38. The summed E-state index contributed by atoms with van der Waals surface area (Å²) in [5.41, 5.74) is 2.00. The molecular weight excluding hydrogens is 502 g/mol. The van der Waals surface area contributed by atoms with Crippen LogP contribution in [0.1, 0.15) is 16.9 Å². The van der Waals surface area contributed by atoms with E-state index in [1.807, 2.05) is 60.7 Å². The minimum absolute atomic E-state index is 0.0223. The van der Waals surface area contributed by atoms with Gasteiger partial charge in [0.05, 0.1) is 24.3 Å². The summed E-state index contributed by atoms with van der Waals surface area (Å²) in [6.45, 7) is 0.302. The standard InChI is InChI=1S/C30H22ClN3O2S/c31-23-10-5-7-20(15-23)16-28-29(35)34(19-24-11-6-14-36-24)30(37-28)33-32-18-27-25-12-3-1-8-21(25)17-22-9-2-4-13-26(22)27/h1-15,17-18,28H,16,19H2. The van der Waals surface area contributed by atoms with E-state index in [0.29, 0.717) is 28.9 Å². The van der Waals surface area contributed by atoms with Gasteiger partial charge >= 0.3 is 0 Å². The smallest absolute Gasteiger partial charge is 0.242 e. The lowest BCUT2D eigenvalue weighted by Gasteiger charge is -2.14. The molecule has 7 heteroatoms. The van der Waals surface area contributed by atoms with Gasteiger partial charge in [-0.15, -0.1) is 5.10 Å². The molecule has 5 nitrogen and oxygen atoms in total. The molecule has 1 aliphatic heterocycles. The van der Waals surface area contributed by atoms with E-state index in [-0.39, 0.29) is 11.2 Å². The lowest BCUT2D eigenvalue weighted by atomic mass is 9.97. The van der Waals surface area contributed by atoms with Crippen molar-refractivity contribution >= 4 is 62.2 Å². The highest BCUT2D eigenvalue weighted by atomic mass is 35.5. The number of halogens is 1. The van der Waals surface area contributed by atoms with Gasteiger partial charge in [0.1, 0.15) is 5.76 Å². The van der Waals surface area contributed by atoms with E-state index in [0.717, 1.165) is 32.7 Å². The first kappa shape index (κ1) is 23.5. The van der Waals surface area contributed by atoms with Crippen molar-refractivity contribution in [2.45, 2.75) is 18.2 Å². The highest BCUT2D eigenvalue weighted by molar-refractivity contribution is 8.15. The van der Waals surface area contributed by atoms with Crippen LogP contribution in [0.4, 0.5) is 0 Å². The number of furan rings is 1. The van der Waals surface area contributed by atoms with E-state index in [1.54, 1.807) is 17.4 Å². The van der Waals surface area contributed by atoms with Gasteiger partial charge in [0.15, 0.2) is 5.17 Å². The molecule has 37 heavy (non-hydrogen) atoms. The fraction of sp³-hybridized carbons (Fsp3) is 0.100. The molecule has 0 aliphatic carbocycles. The summed E-state index contributed by atoms with van der Waals surface area (Å²) >= 11 is 7.59. The summed E-state index contributed by atoms with van der Waals surface area (Å²) in [6, 6.07) is 30.0. The summed E-state index contributed by atoms with van der Waals surface area (Å²) in [5.74, 6) is 0.667. The minimum Gasteiger partial charge on any atom is -0.467 e. The van der Waals surface area contributed by atoms with E-state index >= 15 is 0 Å². The van der Waals surface area contributed by atoms with Crippen molar-refractivity contribution in [2.75, 3.05) is 0 Å². The summed E-state index contributed by atoms with van der Waals surface area (Å²) in [4.78, 5) is 15.1. The molecule has 4 aromatic carbocycles. The van der Waals surface area contributed by atoms with Crippen LogP contribution in [0, 0.1) is 0 Å². The van der Waals surface area contributed by atoms with Crippen LogP contribution in [0.15, 0.2) is 112 Å². The molecule has 1 unspecified atom stereocenters.